The fourth-order valence-electron chi connectivity index (χ4n) is 4.07. The van der Waals surface area contributed by atoms with E-state index in [4.69, 9.17) is 87.9 Å². The highest BCUT2D eigenvalue weighted by atomic mass is 16.4. The molecule has 5 rings (SSSR count). The molecule has 0 heterocycles. The molecule has 0 aromatic heterocycles. The standard InChI is InChI=1S/C9H10BNO.C9H9N.2C8H7NO.C7H6BNO3.3C2H4O2.C2H6.3B/c1-10(2)7-4-5-9(12)8(6-7)11-3;1-7-4-5-8(2)9(6-7)10-3;2*1-6-3-4-8(10)7(5-6)9-2;1-9-6-4-5(8(11)12)2-3-7(6)10;3*1-2(3)4;1-2;;;/h4-6,12H,1-2H3;4-6H,1-2H3;2*3-5,10H,1H3;2-4,10-12H;3*1H3,(H,3,4);1-2H3;;;. The maximum absolute atomic E-state index is 9.20. The van der Waals surface area contributed by atoms with Gasteiger partial charge in [-0.15, -0.1) is 0 Å². The van der Waals surface area contributed by atoms with Gasteiger partial charge < -0.3 is 45.8 Å². The molecule has 5 aromatic rings. The largest absolute Gasteiger partial charge is 0.519 e. The van der Waals surface area contributed by atoms with Crippen molar-refractivity contribution in [2.24, 2.45) is 0 Å². The summed E-state index contributed by atoms with van der Waals surface area (Å²) in [5.74, 6) is -2.48. The van der Waals surface area contributed by atoms with Crippen LogP contribution in [0.4, 0.5) is 28.4 Å². The van der Waals surface area contributed by atoms with Crippen LogP contribution < -0.4 is 10.9 Å². The van der Waals surface area contributed by atoms with E-state index in [-0.39, 0.29) is 59.4 Å². The number of carboxylic acid groups (broad SMARTS) is 3. The average Bonchev–Trinajstić information content (AvgIpc) is 3.27. The molecule has 0 spiro atoms. The lowest BCUT2D eigenvalue weighted by Gasteiger charge is -2.03. The third-order valence-corrected chi connectivity index (χ3v) is 7.19. The summed E-state index contributed by atoms with van der Waals surface area (Å²) in [7, 11) is -1.61. The summed E-state index contributed by atoms with van der Waals surface area (Å²) in [6.07, 6.45) is 0. The number of benzene rings is 5. The summed E-state index contributed by atoms with van der Waals surface area (Å²) in [6.45, 7) is 53.0. The van der Waals surface area contributed by atoms with E-state index in [1.165, 1.54) is 30.3 Å². The van der Waals surface area contributed by atoms with Gasteiger partial charge >= 0.3 is 7.12 Å². The van der Waals surface area contributed by atoms with Crippen molar-refractivity contribution in [3.63, 3.8) is 0 Å². The predicted molar refractivity (Wildman–Crippen MR) is 285 cm³/mol. The number of aryl methyl sites for hydroxylation is 4. The molecule has 0 aliphatic carbocycles. The Hall–Kier alpha value is -8.60. The summed E-state index contributed by atoms with van der Waals surface area (Å²) < 4.78 is 0. The smallest absolute Gasteiger partial charge is 0.487 e. The third-order valence-electron chi connectivity index (χ3n) is 7.19. The van der Waals surface area contributed by atoms with E-state index < -0.39 is 25.0 Å². The molecule has 0 saturated carbocycles. The first-order valence-corrected chi connectivity index (χ1v) is 19.9. The van der Waals surface area contributed by atoms with Crippen molar-refractivity contribution in [1.29, 1.82) is 0 Å². The highest BCUT2D eigenvalue weighted by Crippen LogP contribution is 2.28. The van der Waals surface area contributed by atoms with E-state index in [0.717, 1.165) is 54.2 Å². The highest BCUT2D eigenvalue weighted by Gasteiger charge is 2.12. The molecule has 0 bridgehead atoms. The van der Waals surface area contributed by atoms with E-state index in [0.29, 0.717) is 23.8 Å². The normalized spacial score (nSPS) is 7.94. The van der Waals surface area contributed by atoms with Crippen LogP contribution in [0, 0.1) is 60.6 Å². The molecule has 0 aliphatic heterocycles. The minimum atomic E-state index is -1.61. The zero-order valence-electron chi connectivity index (χ0n) is 41.5. The topological polar surface area (TPSA) is 255 Å². The molecular formula is C49H57B5N5O12. The number of carboxylic acids is 3. The van der Waals surface area contributed by atoms with Gasteiger partial charge in [-0.3, -0.25) is 14.4 Å². The number of hydrogen-bond acceptors (Lipinski definition) is 9. The van der Waals surface area contributed by atoms with Crippen LogP contribution in [0.1, 0.15) is 56.9 Å². The van der Waals surface area contributed by atoms with E-state index in [9.17, 15) is 5.11 Å². The number of phenolic OH excluding ortho intramolecular Hbond substituents is 4. The predicted octanol–water partition coefficient (Wildman–Crippen LogP) is 9.04. The molecule has 0 aliphatic rings. The van der Waals surface area contributed by atoms with Gasteiger partial charge in [0.15, 0.2) is 12.4 Å². The van der Waals surface area contributed by atoms with Crippen LogP contribution in [0.5, 0.6) is 23.0 Å². The number of phenols is 4. The van der Waals surface area contributed by atoms with Crippen LogP contribution in [0.25, 0.3) is 24.2 Å². The Morgan fingerprint density at radius 2 is 0.648 bits per heavy atom. The highest BCUT2D eigenvalue weighted by molar-refractivity contribution is 6.70. The van der Waals surface area contributed by atoms with Gasteiger partial charge in [0.1, 0.15) is 23.0 Å². The second-order valence-electron chi connectivity index (χ2n) is 13.4. The van der Waals surface area contributed by atoms with Crippen LogP contribution >= 0.6 is 0 Å². The van der Waals surface area contributed by atoms with E-state index in [1.807, 2.05) is 65.8 Å². The summed E-state index contributed by atoms with van der Waals surface area (Å²) in [6, 6.07) is 24.8. The monoisotopic (exact) mass is 962 g/mol. The summed E-state index contributed by atoms with van der Waals surface area (Å²) in [4.78, 5) is 42.8. The summed E-state index contributed by atoms with van der Waals surface area (Å²) in [5.41, 5.74) is 7.21. The molecular weight excluding hydrogens is 905 g/mol. The van der Waals surface area contributed by atoms with Crippen molar-refractivity contribution >= 4 is 96.3 Å². The minimum Gasteiger partial charge on any atom is -0.519 e. The number of aromatic hydroxyl groups is 4. The van der Waals surface area contributed by atoms with Crippen molar-refractivity contribution in [2.75, 3.05) is 0 Å². The molecule has 22 heteroatoms. The second-order valence-corrected chi connectivity index (χ2v) is 13.4. The van der Waals surface area contributed by atoms with Crippen LogP contribution in [-0.4, -0.2) is 103 Å². The lowest BCUT2D eigenvalue weighted by Crippen LogP contribution is -2.29. The lowest BCUT2D eigenvalue weighted by molar-refractivity contribution is -0.135. The number of aliphatic carboxylic acids is 3. The van der Waals surface area contributed by atoms with Crippen LogP contribution in [0.15, 0.2) is 91.0 Å². The lowest BCUT2D eigenvalue weighted by atomic mass is 9.49. The fraction of sp³-hybridized carbons (Fsp3) is 0.224. The fourth-order valence-corrected chi connectivity index (χ4v) is 4.07. The van der Waals surface area contributed by atoms with Crippen molar-refractivity contribution in [3.05, 3.63) is 170 Å². The van der Waals surface area contributed by atoms with E-state index >= 15 is 0 Å². The molecule has 0 fully saturated rings. The Kier molecular flexibility index (Phi) is 47.4. The van der Waals surface area contributed by atoms with Crippen molar-refractivity contribution in [1.82, 2.24) is 0 Å². The minimum absolute atomic E-state index is 0. The van der Waals surface area contributed by atoms with Crippen molar-refractivity contribution in [2.45, 2.75) is 76.0 Å². The van der Waals surface area contributed by atoms with Crippen molar-refractivity contribution < 1.29 is 60.2 Å². The van der Waals surface area contributed by atoms with Gasteiger partial charge in [0.05, 0.1) is 32.9 Å². The molecule has 71 heavy (non-hydrogen) atoms. The quantitative estimate of drug-likeness (QED) is 0.0593. The molecule has 0 atom stereocenters. The SMILES string of the molecule is CC.CC(=O)O.CC(=O)O.CC(=O)O.[B].[B].[B].[C-]#[N+]c1cc(B(C)C)ccc1O.[C-]#[N+]c1cc(B(O)O)ccc1O.[C-]#[N+]c1cc(C)ccc1C.[C-]#[N+]c1cc(C)ccc1O.[C-]#[N+]c1cc(C)ccc1O. The van der Waals surface area contributed by atoms with Gasteiger partial charge in [0, 0.05) is 46.0 Å². The Morgan fingerprint density at radius 1 is 0.423 bits per heavy atom. The maximum atomic E-state index is 9.20. The average molecular weight is 962 g/mol. The molecule has 0 unspecified atom stereocenters. The summed E-state index contributed by atoms with van der Waals surface area (Å²) >= 11 is 0. The first kappa shape index (κ1) is 76.7. The Morgan fingerprint density at radius 3 is 0.887 bits per heavy atom. The first-order valence-electron chi connectivity index (χ1n) is 19.9. The molecule has 5 aromatic carbocycles. The first-order chi connectivity index (χ1) is 31.7. The number of rotatable bonds is 2. The molecule has 365 valence electrons. The maximum Gasteiger partial charge on any atom is 0.487 e. The van der Waals surface area contributed by atoms with Gasteiger partial charge in [0.25, 0.3) is 17.9 Å². The van der Waals surface area contributed by atoms with Crippen LogP contribution in [-0.2, 0) is 14.4 Å². The Bertz CT molecular complexity index is 2350. The zero-order chi connectivity index (χ0) is 53.7. The molecule has 0 saturated heterocycles. The molecule has 17 nitrogen and oxygen atoms in total. The van der Waals surface area contributed by atoms with Gasteiger partial charge in [0.2, 0.25) is 22.7 Å². The Balaban J connectivity index is -0.000000134. The van der Waals surface area contributed by atoms with Crippen molar-refractivity contribution in [3.8, 4) is 23.0 Å². The van der Waals surface area contributed by atoms with Gasteiger partial charge in [-0.05, 0) is 75.1 Å². The van der Waals surface area contributed by atoms with Crippen LogP contribution in [0.2, 0.25) is 13.6 Å². The van der Waals surface area contributed by atoms with Gasteiger partial charge in [-0.25, -0.2) is 24.2 Å². The van der Waals surface area contributed by atoms with E-state index in [1.54, 1.807) is 36.4 Å². The summed E-state index contributed by atoms with van der Waals surface area (Å²) in [5, 5.41) is 75.9. The van der Waals surface area contributed by atoms with Gasteiger partial charge in [-0.2, -0.15) is 0 Å². The van der Waals surface area contributed by atoms with Gasteiger partial charge in [-0.1, -0.05) is 104 Å². The molecule has 9 N–H and O–H groups in total. The number of carbonyl (C=O) groups is 3. The van der Waals surface area contributed by atoms with E-state index in [2.05, 4.69) is 37.9 Å². The number of nitrogens with zero attached hydrogens (tertiary/aromatic N) is 5. The third kappa shape index (κ3) is 39.1. The number of hydrogen-bond donors (Lipinski definition) is 9. The second kappa shape index (κ2) is 43.9. The Labute approximate surface area is 424 Å². The molecule has 0 amide bonds. The van der Waals surface area contributed by atoms with Crippen LogP contribution in [0.3, 0.4) is 0 Å². The zero-order valence-corrected chi connectivity index (χ0v) is 41.5. The molecule has 9 radical (unpaired) electrons.